The maximum absolute atomic E-state index is 4.88. The smallest absolute Gasteiger partial charge is 0.0965 e. The third-order valence-electron chi connectivity index (χ3n) is 7.47. The first-order valence-electron chi connectivity index (χ1n) is 12.6. The highest BCUT2D eigenvalue weighted by molar-refractivity contribution is 9.10. The Kier molecular flexibility index (Phi) is 4.67. The summed E-state index contributed by atoms with van der Waals surface area (Å²) in [6.07, 6.45) is 3.80. The molecule has 0 atom stereocenters. The fourth-order valence-corrected chi connectivity index (χ4v) is 6.10. The molecule has 0 aliphatic carbocycles. The van der Waals surface area contributed by atoms with Crippen LogP contribution in [0.1, 0.15) is 0 Å². The molecule has 0 aliphatic rings. The van der Waals surface area contributed by atoms with Gasteiger partial charge >= 0.3 is 0 Å². The molecule has 4 heteroatoms. The second kappa shape index (κ2) is 8.23. The van der Waals surface area contributed by atoms with Gasteiger partial charge < -0.3 is 4.57 Å². The minimum Gasteiger partial charge on any atom is -0.309 e. The lowest BCUT2D eigenvalue weighted by molar-refractivity contribution is 1.18. The first-order chi connectivity index (χ1) is 18.7. The standard InChI is InChI=1S/C34H20BrN3/c35-26-17-24-11-10-23-16-25(19-36-33(23)34(24)37-20-26)22-12-14-29-31(18-22)38(27-7-2-1-3-8-27)30-15-13-21-6-4-5-9-28(21)32(29)30/h1-20H. The van der Waals surface area contributed by atoms with Gasteiger partial charge in [0.1, 0.15) is 0 Å². The zero-order chi connectivity index (χ0) is 25.2. The SMILES string of the molecule is Brc1cnc2c(ccc3cc(-c4ccc5c6c7ccccc7ccc6n(-c6ccccc6)c5c4)cnc32)c1. The van der Waals surface area contributed by atoms with Crippen LogP contribution in [0.3, 0.4) is 0 Å². The molecule has 38 heavy (non-hydrogen) atoms. The molecule has 0 aliphatic heterocycles. The number of rotatable bonds is 2. The third-order valence-corrected chi connectivity index (χ3v) is 7.91. The lowest BCUT2D eigenvalue weighted by atomic mass is 10.0. The number of para-hydroxylation sites is 1. The van der Waals surface area contributed by atoms with Crippen molar-refractivity contribution in [2.45, 2.75) is 0 Å². The number of benzene rings is 5. The molecule has 8 aromatic rings. The Balaban J connectivity index is 1.40. The van der Waals surface area contributed by atoms with Crippen molar-refractivity contribution >= 4 is 70.3 Å². The molecule has 0 N–H and O–H groups in total. The molecule has 3 heterocycles. The first-order valence-corrected chi connectivity index (χ1v) is 13.4. The van der Waals surface area contributed by atoms with E-state index in [1.807, 2.05) is 12.4 Å². The van der Waals surface area contributed by atoms with E-state index < -0.39 is 0 Å². The van der Waals surface area contributed by atoms with Crippen molar-refractivity contribution in [3.8, 4) is 16.8 Å². The topological polar surface area (TPSA) is 30.7 Å². The van der Waals surface area contributed by atoms with E-state index in [4.69, 9.17) is 4.98 Å². The van der Waals surface area contributed by atoms with E-state index >= 15 is 0 Å². The second-order valence-corrected chi connectivity index (χ2v) is 10.6. The van der Waals surface area contributed by atoms with Crippen molar-refractivity contribution in [3.05, 3.63) is 126 Å². The molecule has 3 aromatic heterocycles. The van der Waals surface area contributed by atoms with Crippen LogP contribution >= 0.6 is 15.9 Å². The van der Waals surface area contributed by atoms with Crippen LogP contribution < -0.4 is 0 Å². The predicted octanol–water partition coefficient (Wildman–Crippen LogP) is 9.46. The van der Waals surface area contributed by atoms with Gasteiger partial charge in [-0.05, 0) is 68.7 Å². The number of pyridine rings is 2. The maximum Gasteiger partial charge on any atom is 0.0965 e. The zero-order valence-electron chi connectivity index (χ0n) is 20.3. The van der Waals surface area contributed by atoms with Gasteiger partial charge in [0, 0.05) is 49.7 Å². The van der Waals surface area contributed by atoms with Crippen LogP contribution in [0.4, 0.5) is 0 Å². The van der Waals surface area contributed by atoms with Crippen LogP contribution in [0.15, 0.2) is 126 Å². The van der Waals surface area contributed by atoms with Gasteiger partial charge in [0.2, 0.25) is 0 Å². The lowest BCUT2D eigenvalue weighted by Gasteiger charge is -2.10. The Morgan fingerprint density at radius 2 is 1.26 bits per heavy atom. The van der Waals surface area contributed by atoms with E-state index in [2.05, 4.69) is 135 Å². The lowest BCUT2D eigenvalue weighted by Crippen LogP contribution is -1.93. The molecule has 0 amide bonds. The van der Waals surface area contributed by atoms with Crippen LogP contribution in [-0.4, -0.2) is 14.5 Å². The van der Waals surface area contributed by atoms with Gasteiger partial charge in [0.15, 0.2) is 0 Å². The Labute approximate surface area is 227 Å². The van der Waals surface area contributed by atoms with Crippen molar-refractivity contribution in [2.75, 3.05) is 0 Å². The average Bonchev–Trinajstić information content (AvgIpc) is 3.31. The highest BCUT2D eigenvalue weighted by Gasteiger charge is 2.16. The summed E-state index contributed by atoms with van der Waals surface area (Å²) in [5.74, 6) is 0. The molecule has 0 saturated carbocycles. The molecular formula is C34H20BrN3. The summed E-state index contributed by atoms with van der Waals surface area (Å²) in [4.78, 5) is 9.51. The van der Waals surface area contributed by atoms with Crippen molar-refractivity contribution in [1.82, 2.24) is 14.5 Å². The van der Waals surface area contributed by atoms with E-state index in [1.54, 1.807) is 0 Å². The average molecular weight is 550 g/mol. The number of aromatic nitrogens is 3. The summed E-state index contributed by atoms with van der Waals surface area (Å²) in [6, 6.07) is 39.1. The largest absolute Gasteiger partial charge is 0.309 e. The molecule has 0 fully saturated rings. The monoisotopic (exact) mass is 549 g/mol. The number of halogens is 1. The van der Waals surface area contributed by atoms with Gasteiger partial charge in [0.05, 0.1) is 22.1 Å². The summed E-state index contributed by atoms with van der Waals surface area (Å²) in [5.41, 5.74) is 7.62. The first kappa shape index (κ1) is 21.5. The van der Waals surface area contributed by atoms with Crippen molar-refractivity contribution in [3.63, 3.8) is 0 Å². The third kappa shape index (κ3) is 3.20. The van der Waals surface area contributed by atoms with E-state index in [0.717, 1.165) is 43.1 Å². The normalized spacial score (nSPS) is 11.8. The van der Waals surface area contributed by atoms with E-state index in [0.29, 0.717) is 0 Å². The van der Waals surface area contributed by atoms with Gasteiger partial charge in [-0.15, -0.1) is 0 Å². The van der Waals surface area contributed by atoms with Crippen LogP contribution in [0.5, 0.6) is 0 Å². The summed E-state index contributed by atoms with van der Waals surface area (Å²) in [5, 5.41) is 7.22. The van der Waals surface area contributed by atoms with Crippen molar-refractivity contribution in [1.29, 1.82) is 0 Å². The minimum absolute atomic E-state index is 0.920. The summed E-state index contributed by atoms with van der Waals surface area (Å²) in [7, 11) is 0. The highest BCUT2D eigenvalue weighted by atomic mass is 79.9. The number of fused-ring (bicyclic) bond motifs is 8. The molecule has 5 aromatic carbocycles. The minimum atomic E-state index is 0.920. The molecule has 0 spiro atoms. The molecule has 178 valence electrons. The molecular weight excluding hydrogens is 530 g/mol. The van der Waals surface area contributed by atoms with Gasteiger partial charge in [-0.1, -0.05) is 72.8 Å². The molecule has 0 unspecified atom stereocenters. The maximum atomic E-state index is 4.88. The Hall–Kier alpha value is -4.54. The van der Waals surface area contributed by atoms with Crippen LogP contribution in [0.2, 0.25) is 0 Å². The van der Waals surface area contributed by atoms with Crippen molar-refractivity contribution < 1.29 is 0 Å². The fourth-order valence-electron chi connectivity index (χ4n) is 5.75. The van der Waals surface area contributed by atoms with Crippen LogP contribution in [0.25, 0.3) is 71.2 Å². The van der Waals surface area contributed by atoms with Gasteiger partial charge in [0.25, 0.3) is 0 Å². The summed E-state index contributed by atoms with van der Waals surface area (Å²) in [6.45, 7) is 0. The van der Waals surface area contributed by atoms with Gasteiger partial charge in [-0.3, -0.25) is 9.97 Å². The van der Waals surface area contributed by atoms with Gasteiger partial charge in [-0.2, -0.15) is 0 Å². The molecule has 0 bridgehead atoms. The van der Waals surface area contributed by atoms with Crippen LogP contribution in [0, 0.1) is 0 Å². The number of hydrogen-bond donors (Lipinski definition) is 0. The number of hydrogen-bond acceptors (Lipinski definition) is 2. The highest BCUT2D eigenvalue weighted by Crippen LogP contribution is 2.39. The quantitative estimate of drug-likeness (QED) is 0.201. The number of nitrogens with zero attached hydrogens (tertiary/aromatic N) is 3. The zero-order valence-corrected chi connectivity index (χ0v) is 21.9. The summed E-state index contributed by atoms with van der Waals surface area (Å²) >= 11 is 3.52. The fraction of sp³-hybridized carbons (Fsp3) is 0. The molecule has 0 saturated heterocycles. The molecule has 3 nitrogen and oxygen atoms in total. The van der Waals surface area contributed by atoms with Crippen molar-refractivity contribution in [2.24, 2.45) is 0 Å². The van der Waals surface area contributed by atoms with Gasteiger partial charge in [-0.25, -0.2) is 0 Å². The van der Waals surface area contributed by atoms with Crippen LogP contribution in [-0.2, 0) is 0 Å². The Bertz CT molecular complexity index is 2200. The molecule has 8 rings (SSSR count). The summed E-state index contributed by atoms with van der Waals surface area (Å²) < 4.78 is 3.35. The predicted molar refractivity (Wildman–Crippen MR) is 162 cm³/mol. The Morgan fingerprint density at radius 1 is 0.526 bits per heavy atom. The van der Waals surface area contributed by atoms with E-state index in [1.165, 1.54) is 32.6 Å². The van der Waals surface area contributed by atoms with E-state index in [-0.39, 0.29) is 0 Å². The second-order valence-electron chi connectivity index (χ2n) is 9.67. The Morgan fingerprint density at radius 3 is 2.13 bits per heavy atom. The molecule has 0 radical (unpaired) electrons. The van der Waals surface area contributed by atoms with E-state index in [9.17, 15) is 0 Å².